The zero-order chi connectivity index (χ0) is 19.3. The summed E-state index contributed by atoms with van der Waals surface area (Å²) in [5.41, 5.74) is 3.21. The zero-order valence-electron chi connectivity index (χ0n) is 14.9. The second-order valence-electron chi connectivity index (χ2n) is 6.14. The summed E-state index contributed by atoms with van der Waals surface area (Å²) in [4.78, 5) is 16.5. The molecule has 0 unspecified atom stereocenters. The van der Waals surface area contributed by atoms with E-state index < -0.39 is 11.2 Å². The highest BCUT2D eigenvalue weighted by molar-refractivity contribution is 8.00. The zero-order valence-corrected chi connectivity index (χ0v) is 15.7. The van der Waals surface area contributed by atoms with Gasteiger partial charge in [-0.2, -0.15) is 0 Å². The Morgan fingerprint density at radius 1 is 0.821 bits per heavy atom. The Morgan fingerprint density at radius 3 is 1.93 bits per heavy atom. The van der Waals surface area contributed by atoms with Crippen molar-refractivity contribution in [3.05, 3.63) is 96.6 Å². The number of rotatable bonds is 6. The van der Waals surface area contributed by atoms with E-state index in [1.165, 1.54) is 0 Å². The van der Waals surface area contributed by atoms with Crippen molar-refractivity contribution in [3.8, 4) is 22.6 Å². The summed E-state index contributed by atoms with van der Waals surface area (Å²) in [6.07, 6.45) is 0. The Kier molecular flexibility index (Phi) is 5.26. The number of oxazole rings is 1. The fourth-order valence-corrected chi connectivity index (χ4v) is 3.79. The van der Waals surface area contributed by atoms with Crippen molar-refractivity contribution in [2.45, 2.75) is 10.5 Å². The second kappa shape index (κ2) is 8.15. The molecule has 4 rings (SSSR count). The molecule has 0 spiro atoms. The normalized spacial score (nSPS) is 11.9. The quantitative estimate of drug-likeness (QED) is 0.416. The lowest BCUT2D eigenvalue weighted by atomic mass is 10.1. The van der Waals surface area contributed by atoms with Gasteiger partial charge in [-0.25, -0.2) is 4.98 Å². The number of carboxylic acid groups (broad SMARTS) is 1. The van der Waals surface area contributed by atoms with Crippen LogP contribution in [0.1, 0.15) is 10.8 Å². The largest absolute Gasteiger partial charge is 0.480 e. The van der Waals surface area contributed by atoms with Crippen LogP contribution in [-0.2, 0) is 4.79 Å². The van der Waals surface area contributed by atoms with Crippen LogP contribution in [0.5, 0.6) is 0 Å². The van der Waals surface area contributed by atoms with Crippen LogP contribution in [0.4, 0.5) is 0 Å². The average molecular weight is 387 g/mol. The summed E-state index contributed by atoms with van der Waals surface area (Å²) in [7, 11) is 0. The van der Waals surface area contributed by atoms with Crippen LogP contribution in [-0.4, -0.2) is 16.1 Å². The lowest BCUT2D eigenvalue weighted by Gasteiger charge is -2.09. The maximum atomic E-state index is 11.8. The molecule has 0 bridgehead atoms. The molecule has 0 saturated heterocycles. The van der Waals surface area contributed by atoms with E-state index in [4.69, 9.17) is 4.42 Å². The Labute approximate surface area is 166 Å². The number of thioether (sulfide) groups is 1. The molecule has 138 valence electrons. The van der Waals surface area contributed by atoms with Gasteiger partial charge in [-0.15, -0.1) is 0 Å². The molecule has 0 radical (unpaired) electrons. The number of benzene rings is 3. The van der Waals surface area contributed by atoms with Crippen molar-refractivity contribution < 1.29 is 14.3 Å². The first kappa shape index (κ1) is 18.1. The molecule has 0 aliphatic heterocycles. The third kappa shape index (κ3) is 3.85. The molecule has 4 aromatic rings. The van der Waals surface area contributed by atoms with Gasteiger partial charge >= 0.3 is 5.97 Å². The molecular weight excluding hydrogens is 370 g/mol. The van der Waals surface area contributed by atoms with E-state index in [0.717, 1.165) is 22.9 Å². The van der Waals surface area contributed by atoms with E-state index in [2.05, 4.69) is 4.98 Å². The minimum atomic E-state index is -0.933. The minimum Gasteiger partial charge on any atom is -0.480 e. The van der Waals surface area contributed by atoms with Crippen LogP contribution >= 0.6 is 11.8 Å². The summed E-state index contributed by atoms with van der Waals surface area (Å²) in [6, 6.07) is 28.6. The maximum absolute atomic E-state index is 11.8. The maximum Gasteiger partial charge on any atom is 0.321 e. The van der Waals surface area contributed by atoms with Crippen LogP contribution in [0.3, 0.4) is 0 Å². The standard InChI is InChI=1S/C23H17NO3S/c25-22(26)21(18-14-8-3-9-15-18)28-23-24-19(16-10-4-1-5-11-16)20(27-23)17-12-6-2-7-13-17/h1-15,21H,(H,25,26)/t21-/m1/s1. The van der Waals surface area contributed by atoms with E-state index in [-0.39, 0.29) is 0 Å². The van der Waals surface area contributed by atoms with Gasteiger partial charge < -0.3 is 9.52 Å². The first-order valence-electron chi connectivity index (χ1n) is 8.78. The molecule has 4 nitrogen and oxygen atoms in total. The van der Waals surface area contributed by atoms with E-state index in [1.807, 2.05) is 78.9 Å². The molecule has 0 aliphatic rings. The van der Waals surface area contributed by atoms with Crippen LogP contribution < -0.4 is 0 Å². The fraction of sp³-hybridized carbons (Fsp3) is 0.0435. The number of hydrogen-bond donors (Lipinski definition) is 1. The number of aliphatic carboxylic acids is 1. The van der Waals surface area contributed by atoms with Crippen molar-refractivity contribution in [2.24, 2.45) is 0 Å². The van der Waals surface area contributed by atoms with E-state index >= 15 is 0 Å². The SMILES string of the molecule is O=C(O)[C@H](Sc1nc(-c2ccccc2)c(-c2ccccc2)o1)c1ccccc1. The van der Waals surface area contributed by atoms with E-state index in [0.29, 0.717) is 22.2 Å². The van der Waals surface area contributed by atoms with Crippen molar-refractivity contribution in [2.75, 3.05) is 0 Å². The Morgan fingerprint density at radius 2 is 1.36 bits per heavy atom. The summed E-state index contributed by atoms with van der Waals surface area (Å²) in [5.74, 6) is -0.302. The highest BCUT2D eigenvalue weighted by atomic mass is 32.2. The van der Waals surface area contributed by atoms with Gasteiger partial charge in [-0.3, -0.25) is 4.79 Å². The molecule has 5 heteroatoms. The van der Waals surface area contributed by atoms with Crippen LogP contribution in [0.25, 0.3) is 22.6 Å². The predicted octanol–water partition coefficient (Wildman–Crippen LogP) is 5.93. The lowest BCUT2D eigenvalue weighted by Crippen LogP contribution is -2.07. The Bertz CT molecular complexity index is 1010. The smallest absolute Gasteiger partial charge is 0.321 e. The highest BCUT2D eigenvalue weighted by Crippen LogP contribution is 2.40. The van der Waals surface area contributed by atoms with Gasteiger partial charge in [0.25, 0.3) is 5.22 Å². The monoisotopic (exact) mass is 387 g/mol. The topological polar surface area (TPSA) is 63.3 Å². The van der Waals surface area contributed by atoms with Gasteiger partial charge in [-0.1, -0.05) is 91.0 Å². The third-order valence-corrected chi connectivity index (χ3v) is 5.32. The van der Waals surface area contributed by atoms with Gasteiger partial charge in [0.2, 0.25) is 0 Å². The highest BCUT2D eigenvalue weighted by Gasteiger charge is 2.25. The molecule has 1 heterocycles. The minimum absolute atomic E-state index is 0.328. The first-order chi connectivity index (χ1) is 13.7. The number of hydrogen-bond acceptors (Lipinski definition) is 4. The molecule has 0 aliphatic carbocycles. The number of nitrogens with zero attached hydrogens (tertiary/aromatic N) is 1. The number of aromatic nitrogens is 1. The Hall–Kier alpha value is -3.31. The Balaban J connectivity index is 1.76. The average Bonchev–Trinajstić information content (AvgIpc) is 3.18. The molecular formula is C23H17NO3S. The number of carboxylic acids is 1. The molecule has 28 heavy (non-hydrogen) atoms. The predicted molar refractivity (Wildman–Crippen MR) is 110 cm³/mol. The van der Waals surface area contributed by atoms with Crippen LogP contribution in [0, 0.1) is 0 Å². The second-order valence-corrected chi connectivity index (χ2v) is 7.19. The first-order valence-corrected chi connectivity index (χ1v) is 9.66. The summed E-state index contributed by atoms with van der Waals surface area (Å²) >= 11 is 1.10. The molecule has 1 N–H and O–H groups in total. The van der Waals surface area contributed by atoms with Crippen molar-refractivity contribution in [1.29, 1.82) is 0 Å². The van der Waals surface area contributed by atoms with Gasteiger partial charge in [0.1, 0.15) is 10.9 Å². The van der Waals surface area contributed by atoms with E-state index in [1.54, 1.807) is 12.1 Å². The molecule has 0 saturated carbocycles. The molecule has 0 amide bonds. The molecule has 1 atom stereocenters. The summed E-state index contributed by atoms with van der Waals surface area (Å²) in [5, 5.41) is 9.24. The summed E-state index contributed by atoms with van der Waals surface area (Å²) in [6.45, 7) is 0. The lowest BCUT2D eigenvalue weighted by molar-refractivity contribution is -0.136. The van der Waals surface area contributed by atoms with Gasteiger partial charge in [-0.05, 0) is 17.3 Å². The molecule has 0 fully saturated rings. The van der Waals surface area contributed by atoms with E-state index in [9.17, 15) is 9.90 Å². The van der Waals surface area contributed by atoms with Gasteiger partial charge in [0.15, 0.2) is 5.76 Å². The van der Waals surface area contributed by atoms with Gasteiger partial charge in [0, 0.05) is 11.1 Å². The van der Waals surface area contributed by atoms with Crippen LogP contribution in [0.15, 0.2) is 101 Å². The molecule has 3 aromatic carbocycles. The van der Waals surface area contributed by atoms with Crippen molar-refractivity contribution >= 4 is 17.7 Å². The van der Waals surface area contributed by atoms with Crippen LogP contribution in [0.2, 0.25) is 0 Å². The fourth-order valence-electron chi connectivity index (χ4n) is 2.92. The molecule has 1 aromatic heterocycles. The summed E-state index contributed by atoms with van der Waals surface area (Å²) < 4.78 is 6.05. The van der Waals surface area contributed by atoms with Gasteiger partial charge in [0.05, 0.1) is 0 Å². The third-order valence-electron chi connectivity index (χ3n) is 4.24. The van der Waals surface area contributed by atoms with Crippen molar-refractivity contribution in [1.82, 2.24) is 4.98 Å². The van der Waals surface area contributed by atoms with Crippen molar-refractivity contribution in [3.63, 3.8) is 0 Å². The number of carbonyl (C=O) groups is 1.